The average molecular weight is 227 g/mol. The van der Waals surface area contributed by atoms with E-state index in [-0.39, 0.29) is 0 Å². The summed E-state index contributed by atoms with van der Waals surface area (Å²) in [5, 5.41) is 3.15. The van der Waals surface area contributed by atoms with Gasteiger partial charge in [0.1, 0.15) is 5.01 Å². The number of rotatable bonds is 6. The molecule has 3 nitrogen and oxygen atoms in total. The van der Waals surface area contributed by atoms with Crippen LogP contribution < -0.4 is 5.73 Å². The predicted molar refractivity (Wildman–Crippen MR) is 65.8 cm³/mol. The quantitative estimate of drug-likeness (QED) is 0.810. The van der Waals surface area contributed by atoms with Crippen LogP contribution in [0.15, 0.2) is 5.38 Å². The molecule has 0 aromatic carbocycles. The minimum absolute atomic E-state index is 0.556. The van der Waals surface area contributed by atoms with Gasteiger partial charge in [-0.1, -0.05) is 6.92 Å². The Kier molecular flexibility index (Phi) is 5.22. The van der Waals surface area contributed by atoms with Gasteiger partial charge in [-0.3, -0.25) is 4.90 Å². The second-order valence-corrected chi connectivity index (χ2v) is 4.94. The monoisotopic (exact) mass is 227 g/mol. The van der Waals surface area contributed by atoms with E-state index in [1.165, 1.54) is 6.42 Å². The number of thiazole rings is 1. The van der Waals surface area contributed by atoms with Gasteiger partial charge in [-0.15, -0.1) is 11.3 Å². The lowest BCUT2D eigenvalue weighted by Gasteiger charge is -2.24. The van der Waals surface area contributed by atoms with Crippen molar-refractivity contribution in [2.75, 3.05) is 6.54 Å². The summed E-state index contributed by atoms with van der Waals surface area (Å²) < 4.78 is 0. The van der Waals surface area contributed by atoms with Crippen molar-refractivity contribution in [1.82, 2.24) is 9.88 Å². The van der Waals surface area contributed by atoms with E-state index in [0.717, 1.165) is 23.8 Å². The summed E-state index contributed by atoms with van der Waals surface area (Å²) in [5.74, 6) is 0. The zero-order chi connectivity index (χ0) is 11.3. The molecule has 4 heteroatoms. The first-order valence-electron chi connectivity index (χ1n) is 5.54. The molecule has 0 aliphatic heterocycles. The molecule has 86 valence electrons. The second-order valence-electron chi connectivity index (χ2n) is 4.00. The molecule has 0 radical (unpaired) electrons. The summed E-state index contributed by atoms with van der Waals surface area (Å²) in [6.07, 6.45) is 1.19. The van der Waals surface area contributed by atoms with Crippen molar-refractivity contribution < 1.29 is 0 Å². The molecule has 1 aromatic heterocycles. The Balaban J connectivity index is 2.57. The molecular formula is C11H21N3S. The molecule has 0 atom stereocenters. The lowest BCUT2D eigenvalue weighted by atomic mass is 10.2. The smallest absolute Gasteiger partial charge is 0.106 e. The minimum Gasteiger partial charge on any atom is -0.325 e. The highest BCUT2D eigenvalue weighted by Crippen LogP contribution is 2.13. The van der Waals surface area contributed by atoms with Gasteiger partial charge in [0.2, 0.25) is 0 Å². The van der Waals surface area contributed by atoms with Gasteiger partial charge in [-0.05, 0) is 26.8 Å². The Morgan fingerprint density at radius 1 is 1.53 bits per heavy atom. The first kappa shape index (κ1) is 12.6. The summed E-state index contributed by atoms with van der Waals surface area (Å²) in [6, 6.07) is 0.577. The highest BCUT2D eigenvalue weighted by molar-refractivity contribution is 7.09. The molecule has 1 aromatic rings. The molecule has 0 amide bonds. The molecule has 1 heterocycles. The van der Waals surface area contributed by atoms with Crippen LogP contribution in [0.4, 0.5) is 0 Å². The largest absolute Gasteiger partial charge is 0.325 e. The van der Waals surface area contributed by atoms with Crippen LogP contribution in [0.3, 0.4) is 0 Å². The molecule has 0 unspecified atom stereocenters. The van der Waals surface area contributed by atoms with E-state index < -0.39 is 0 Å². The zero-order valence-electron chi connectivity index (χ0n) is 9.86. The molecule has 0 saturated heterocycles. The maximum atomic E-state index is 5.55. The molecule has 0 aliphatic carbocycles. The van der Waals surface area contributed by atoms with E-state index in [9.17, 15) is 0 Å². The Hall–Kier alpha value is -0.450. The minimum atomic E-state index is 0.556. The SMILES string of the molecule is CCCN(Cc1csc(CN)n1)C(C)C. The van der Waals surface area contributed by atoms with Gasteiger partial charge in [0.25, 0.3) is 0 Å². The van der Waals surface area contributed by atoms with Crippen molar-refractivity contribution in [3.8, 4) is 0 Å². The van der Waals surface area contributed by atoms with Gasteiger partial charge >= 0.3 is 0 Å². The molecular weight excluding hydrogens is 206 g/mol. The van der Waals surface area contributed by atoms with Gasteiger partial charge < -0.3 is 5.73 Å². The van der Waals surface area contributed by atoms with Crippen LogP contribution in [0, 0.1) is 0 Å². The molecule has 0 fully saturated rings. The average Bonchev–Trinajstić information content (AvgIpc) is 2.65. The topological polar surface area (TPSA) is 42.1 Å². The first-order valence-corrected chi connectivity index (χ1v) is 6.42. The van der Waals surface area contributed by atoms with E-state index in [1.807, 2.05) is 0 Å². The standard InChI is InChI=1S/C11H21N3S/c1-4-5-14(9(2)3)7-10-8-15-11(6-12)13-10/h8-9H,4-7,12H2,1-3H3. The van der Waals surface area contributed by atoms with E-state index in [4.69, 9.17) is 5.73 Å². The number of nitrogens with zero attached hydrogens (tertiary/aromatic N) is 2. The van der Waals surface area contributed by atoms with Crippen LogP contribution in [-0.4, -0.2) is 22.5 Å². The Labute approximate surface area is 96.3 Å². The van der Waals surface area contributed by atoms with E-state index in [0.29, 0.717) is 12.6 Å². The molecule has 2 N–H and O–H groups in total. The third-order valence-corrected chi connectivity index (χ3v) is 3.30. The van der Waals surface area contributed by atoms with Crippen LogP contribution >= 0.6 is 11.3 Å². The third-order valence-electron chi connectivity index (χ3n) is 2.38. The fourth-order valence-corrected chi connectivity index (χ4v) is 2.20. The van der Waals surface area contributed by atoms with Crippen molar-refractivity contribution in [1.29, 1.82) is 0 Å². The normalized spacial score (nSPS) is 11.6. The molecule has 15 heavy (non-hydrogen) atoms. The van der Waals surface area contributed by atoms with Gasteiger partial charge in [-0.2, -0.15) is 0 Å². The maximum absolute atomic E-state index is 5.55. The molecule has 0 aliphatic rings. The van der Waals surface area contributed by atoms with E-state index in [2.05, 4.69) is 36.0 Å². The summed E-state index contributed by atoms with van der Waals surface area (Å²) in [4.78, 5) is 6.92. The van der Waals surface area contributed by atoms with Crippen LogP contribution in [0.5, 0.6) is 0 Å². The maximum Gasteiger partial charge on any atom is 0.106 e. The van der Waals surface area contributed by atoms with Crippen molar-refractivity contribution in [2.24, 2.45) is 5.73 Å². The van der Waals surface area contributed by atoms with Crippen molar-refractivity contribution >= 4 is 11.3 Å². The number of aromatic nitrogens is 1. The number of hydrogen-bond donors (Lipinski definition) is 1. The van der Waals surface area contributed by atoms with Gasteiger partial charge in [0.05, 0.1) is 5.69 Å². The Morgan fingerprint density at radius 2 is 2.27 bits per heavy atom. The van der Waals surface area contributed by atoms with E-state index in [1.54, 1.807) is 11.3 Å². The summed E-state index contributed by atoms with van der Waals surface area (Å²) in [5.41, 5.74) is 6.70. The summed E-state index contributed by atoms with van der Waals surface area (Å²) >= 11 is 1.66. The van der Waals surface area contributed by atoms with Crippen molar-refractivity contribution in [3.63, 3.8) is 0 Å². The fraction of sp³-hybridized carbons (Fsp3) is 0.727. The first-order chi connectivity index (χ1) is 7.17. The Morgan fingerprint density at radius 3 is 2.73 bits per heavy atom. The second kappa shape index (κ2) is 6.20. The van der Waals surface area contributed by atoms with Crippen molar-refractivity contribution in [2.45, 2.75) is 46.3 Å². The number of hydrogen-bond acceptors (Lipinski definition) is 4. The van der Waals surface area contributed by atoms with Crippen LogP contribution in [-0.2, 0) is 13.1 Å². The predicted octanol–water partition coefficient (Wildman–Crippen LogP) is 2.22. The lowest BCUT2D eigenvalue weighted by molar-refractivity contribution is 0.211. The van der Waals surface area contributed by atoms with Gasteiger partial charge in [0.15, 0.2) is 0 Å². The molecule has 1 rings (SSSR count). The number of nitrogens with two attached hydrogens (primary N) is 1. The third kappa shape index (κ3) is 3.89. The molecule has 0 saturated carbocycles. The fourth-order valence-electron chi connectivity index (χ4n) is 1.53. The Bertz CT molecular complexity index is 283. The molecule has 0 bridgehead atoms. The van der Waals surface area contributed by atoms with Crippen molar-refractivity contribution in [3.05, 3.63) is 16.1 Å². The molecule has 0 spiro atoms. The van der Waals surface area contributed by atoms with E-state index >= 15 is 0 Å². The van der Waals surface area contributed by atoms with Gasteiger partial charge in [0, 0.05) is 24.5 Å². The summed E-state index contributed by atoms with van der Waals surface area (Å²) in [6.45, 7) is 9.30. The van der Waals surface area contributed by atoms with Crippen LogP contribution in [0.1, 0.15) is 37.9 Å². The highest BCUT2D eigenvalue weighted by atomic mass is 32.1. The lowest BCUT2D eigenvalue weighted by Crippen LogP contribution is -2.31. The summed E-state index contributed by atoms with van der Waals surface area (Å²) in [7, 11) is 0. The van der Waals surface area contributed by atoms with Gasteiger partial charge in [-0.25, -0.2) is 4.98 Å². The zero-order valence-corrected chi connectivity index (χ0v) is 10.7. The van der Waals surface area contributed by atoms with Crippen LogP contribution in [0.25, 0.3) is 0 Å². The van der Waals surface area contributed by atoms with Crippen LogP contribution in [0.2, 0.25) is 0 Å². The highest BCUT2D eigenvalue weighted by Gasteiger charge is 2.10.